The molecule has 2 aromatic rings. The second-order valence-corrected chi connectivity index (χ2v) is 4.82. The van der Waals surface area contributed by atoms with Crippen molar-refractivity contribution in [3.8, 4) is 11.5 Å². The van der Waals surface area contributed by atoms with E-state index in [0.29, 0.717) is 18.9 Å². The number of nitrogens with zero attached hydrogens (tertiary/aromatic N) is 3. The number of imidazole rings is 1. The summed E-state index contributed by atoms with van der Waals surface area (Å²) in [5.74, 6) is 1.75. The van der Waals surface area contributed by atoms with E-state index >= 15 is 0 Å². The van der Waals surface area contributed by atoms with E-state index < -0.39 is 0 Å². The van der Waals surface area contributed by atoms with Gasteiger partial charge in [0.1, 0.15) is 5.82 Å². The van der Waals surface area contributed by atoms with Gasteiger partial charge >= 0.3 is 0 Å². The molecule has 0 aliphatic rings. The smallest absolute Gasteiger partial charge is 0.162 e. The first-order chi connectivity index (χ1) is 9.61. The van der Waals surface area contributed by atoms with Gasteiger partial charge in [0, 0.05) is 31.5 Å². The zero-order valence-corrected chi connectivity index (χ0v) is 12.2. The van der Waals surface area contributed by atoms with Crippen LogP contribution in [0.3, 0.4) is 0 Å². The van der Waals surface area contributed by atoms with Crippen LogP contribution in [0.25, 0.3) is 0 Å². The SMILES string of the molecule is CCOc1cccc(CN(C)Cc2nccn2C)c1O. The summed E-state index contributed by atoms with van der Waals surface area (Å²) in [6, 6.07) is 5.59. The van der Waals surface area contributed by atoms with E-state index in [0.717, 1.165) is 17.9 Å². The Kier molecular flexibility index (Phi) is 4.63. The van der Waals surface area contributed by atoms with Gasteiger partial charge in [-0.1, -0.05) is 12.1 Å². The average Bonchev–Trinajstić information content (AvgIpc) is 2.80. The lowest BCUT2D eigenvalue weighted by Gasteiger charge is -2.18. The number of aromatic hydroxyl groups is 1. The van der Waals surface area contributed by atoms with Gasteiger partial charge in [-0.2, -0.15) is 0 Å². The number of hydrogen-bond acceptors (Lipinski definition) is 4. The van der Waals surface area contributed by atoms with Gasteiger partial charge in [0.15, 0.2) is 11.5 Å². The van der Waals surface area contributed by atoms with E-state index in [9.17, 15) is 5.11 Å². The van der Waals surface area contributed by atoms with Crippen molar-refractivity contribution in [2.45, 2.75) is 20.0 Å². The highest BCUT2D eigenvalue weighted by Crippen LogP contribution is 2.30. The molecule has 0 saturated carbocycles. The number of hydrogen-bond donors (Lipinski definition) is 1. The van der Waals surface area contributed by atoms with E-state index in [-0.39, 0.29) is 5.75 Å². The van der Waals surface area contributed by atoms with Crippen LogP contribution < -0.4 is 4.74 Å². The van der Waals surface area contributed by atoms with Crippen molar-refractivity contribution in [1.82, 2.24) is 14.5 Å². The third kappa shape index (κ3) is 3.30. The maximum Gasteiger partial charge on any atom is 0.162 e. The fourth-order valence-electron chi connectivity index (χ4n) is 2.10. The lowest BCUT2D eigenvalue weighted by Crippen LogP contribution is -2.19. The van der Waals surface area contributed by atoms with Crippen LogP contribution >= 0.6 is 0 Å². The number of rotatable bonds is 6. The quantitative estimate of drug-likeness (QED) is 0.877. The predicted octanol–water partition coefficient (Wildman–Crippen LogP) is 2.16. The van der Waals surface area contributed by atoms with Gasteiger partial charge in [-0.3, -0.25) is 4.90 Å². The third-order valence-corrected chi connectivity index (χ3v) is 3.15. The summed E-state index contributed by atoms with van der Waals surface area (Å²) >= 11 is 0. The molecule has 0 unspecified atom stereocenters. The molecule has 0 fully saturated rings. The Balaban J connectivity index is 2.06. The Morgan fingerprint density at radius 1 is 1.35 bits per heavy atom. The predicted molar refractivity (Wildman–Crippen MR) is 77.7 cm³/mol. The van der Waals surface area contributed by atoms with E-state index in [1.54, 1.807) is 12.3 Å². The van der Waals surface area contributed by atoms with Gasteiger partial charge in [-0.15, -0.1) is 0 Å². The lowest BCUT2D eigenvalue weighted by atomic mass is 10.1. The number of ether oxygens (including phenoxy) is 1. The van der Waals surface area contributed by atoms with Gasteiger partial charge in [0.05, 0.1) is 13.2 Å². The van der Waals surface area contributed by atoms with Crippen molar-refractivity contribution >= 4 is 0 Å². The molecule has 1 N–H and O–H groups in total. The highest BCUT2D eigenvalue weighted by atomic mass is 16.5. The summed E-state index contributed by atoms with van der Waals surface area (Å²) in [6.45, 7) is 3.81. The fraction of sp³-hybridized carbons (Fsp3) is 0.400. The van der Waals surface area contributed by atoms with E-state index in [1.165, 1.54) is 0 Å². The van der Waals surface area contributed by atoms with Crippen molar-refractivity contribution in [2.75, 3.05) is 13.7 Å². The second kappa shape index (κ2) is 6.43. The minimum absolute atomic E-state index is 0.223. The topological polar surface area (TPSA) is 50.5 Å². The van der Waals surface area contributed by atoms with E-state index in [1.807, 2.05) is 43.9 Å². The molecule has 0 amide bonds. The molecule has 0 aliphatic heterocycles. The van der Waals surface area contributed by atoms with Crippen LogP contribution in [0.4, 0.5) is 0 Å². The summed E-state index contributed by atoms with van der Waals surface area (Å²) in [5, 5.41) is 10.2. The first kappa shape index (κ1) is 14.4. The molecule has 1 heterocycles. The molecule has 0 radical (unpaired) electrons. The zero-order valence-electron chi connectivity index (χ0n) is 12.2. The molecule has 0 aliphatic carbocycles. The van der Waals surface area contributed by atoms with Crippen LogP contribution in [0, 0.1) is 0 Å². The van der Waals surface area contributed by atoms with Crippen LogP contribution in [-0.2, 0) is 20.1 Å². The highest BCUT2D eigenvalue weighted by molar-refractivity contribution is 5.45. The molecule has 108 valence electrons. The normalized spacial score (nSPS) is 11.0. The Morgan fingerprint density at radius 2 is 2.15 bits per heavy atom. The summed E-state index contributed by atoms with van der Waals surface area (Å²) in [7, 11) is 3.98. The monoisotopic (exact) mass is 275 g/mol. The molecule has 5 heteroatoms. The van der Waals surface area contributed by atoms with Crippen molar-refractivity contribution in [3.05, 3.63) is 42.0 Å². The van der Waals surface area contributed by atoms with Crippen LogP contribution in [0.1, 0.15) is 18.3 Å². The molecule has 1 aromatic carbocycles. The maximum absolute atomic E-state index is 10.2. The number of aromatic nitrogens is 2. The molecule has 0 atom stereocenters. The molecular weight excluding hydrogens is 254 g/mol. The molecule has 5 nitrogen and oxygen atoms in total. The van der Waals surface area contributed by atoms with Crippen molar-refractivity contribution in [2.24, 2.45) is 7.05 Å². The van der Waals surface area contributed by atoms with E-state index in [4.69, 9.17) is 4.74 Å². The summed E-state index contributed by atoms with van der Waals surface area (Å²) in [5.41, 5.74) is 0.854. The van der Waals surface area contributed by atoms with Gasteiger partial charge in [0.25, 0.3) is 0 Å². The maximum atomic E-state index is 10.2. The van der Waals surface area contributed by atoms with Gasteiger partial charge in [0.2, 0.25) is 0 Å². The molecule has 0 saturated heterocycles. The molecule has 2 rings (SSSR count). The Hall–Kier alpha value is -2.01. The Bertz CT molecular complexity index is 566. The van der Waals surface area contributed by atoms with Gasteiger partial charge in [-0.25, -0.2) is 4.98 Å². The van der Waals surface area contributed by atoms with Crippen LogP contribution in [0.2, 0.25) is 0 Å². The average molecular weight is 275 g/mol. The molecule has 20 heavy (non-hydrogen) atoms. The van der Waals surface area contributed by atoms with Crippen LogP contribution in [0.15, 0.2) is 30.6 Å². The van der Waals surface area contributed by atoms with Gasteiger partial charge < -0.3 is 14.4 Å². The Morgan fingerprint density at radius 3 is 2.80 bits per heavy atom. The molecule has 0 bridgehead atoms. The van der Waals surface area contributed by atoms with Crippen molar-refractivity contribution in [1.29, 1.82) is 0 Å². The van der Waals surface area contributed by atoms with Crippen LogP contribution in [-0.4, -0.2) is 33.2 Å². The van der Waals surface area contributed by atoms with Gasteiger partial charge in [-0.05, 0) is 20.0 Å². The fourth-order valence-corrected chi connectivity index (χ4v) is 2.10. The van der Waals surface area contributed by atoms with Crippen LogP contribution in [0.5, 0.6) is 11.5 Å². The largest absolute Gasteiger partial charge is 0.504 e. The van der Waals surface area contributed by atoms with Crippen molar-refractivity contribution in [3.63, 3.8) is 0 Å². The minimum atomic E-state index is 0.223. The number of aryl methyl sites for hydroxylation is 1. The first-order valence-electron chi connectivity index (χ1n) is 6.70. The van der Waals surface area contributed by atoms with Crippen molar-refractivity contribution < 1.29 is 9.84 Å². The van der Waals surface area contributed by atoms with E-state index in [2.05, 4.69) is 9.88 Å². The number of phenols is 1. The number of para-hydroxylation sites is 1. The molecule has 1 aromatic heterocycles. The first-order valence-corrected chi connectivity index (χ1v) is 6.70. The summed E-state index contributed by atoms with van der Waals surface area (Å²) in [4.78, 5) is 6.41. The summed E-state index contributed by atoms with van der Waals surface area (Å²) < 4.78 is 7.39. The summed E-state index contributed by atoms with van der Waals surface area (Å²) in [6.07, 6.45) is 3.71. The second-order valence-electron chi connectivity index (χ2n) is 4.82. The number of phenolic OH excluding ortho intramolecular Hbond substituents is 1. The molecular formula is C15H21N3O2. The third-order valence-electron chi connectivity index (χ3n) is 3.15. The highest BCUT2D eigenvalue weighted by Gasteiger charge is 2.11. The zero-order chi connectivity index (χ0) is 14.5. The lowest BCUT2D eigenvalue weighted by molar-refractivity contribution is 0.291. The number of benzene rings is 1. The minimum Gasteiger partial charge on any atom is -0.504 e. The Labute approximate surface area is 119 Å². The molecule has 0 spiro atoms. The standard InChI is InChI=1S/C15H21N3O2/c1-4-20-13-7-5-6-12(15(13)19)10-17(2)11-14-16-8-9-18(14)3/h5-9,19H,4,10-11H2,1-3H3.